The Morgan fingerprint density at radius 2 is 1.96 bits per heavy atom. The Balaban J connectivity index is 1.29. The lowest BCUT2D eigenvalue weighted by molar-refractivity contribution is -0.123. The zero-order chi connectivity index (χ0) is 16.4. The minimum atomic E-state index is 0.257. The molecule has 0 bridgehead atoms. The molecule has 1 saturated carbocycles. The third kappa shape index (κ3) is 3.50. The Morgan fingerprint density at radius 3 is 2.75 bits per heavy atom. The molecule has 130 valence electrons. The quantitative estimate of drug-likeness (QED) is 0.872. The van der Waals surface area contributed by atoms with E-state index in [2.05, 4.69) is 39.8 Å². The van der Waals surface area contributed by atoms with Crippen LogP contribution in [0.25, 0.3) is 0 Å². The average Bonchev–Trinajstić information content (AvgIpc) is 3.04. The summed E-state index contributed by atoms with van der Waals surface area (Å²) in [6.45, 7) is 6.29. The van der Waals surface area contributed by atoms with Crippen LogP contribution < -0.4 is 10.6 Å². The molecule has 1 atom stereocenters. The van der Waals surface area contributed by atoms with Crippen LogP contribution in [0.4, 0.5) is 0 Å². The minimum Gasteiger partial charge on any atom is -0.352 e. The fourth-order valence-electron chi connectivity index (χ4n) is 4.54. The van der Waals surface area contributed by atoms with Gasteiger partial charge in [0, 0.05) is 19.0 Å². The van der Waals surface area contributed by atoms with E-state index < -0.39 is 0 Å². The molecule has 3 fully saturated rings. The van der Waals surface area contributed by atoms with E-state index in [1.807, 2.05) is 0 Å². The lowest BCUT2D eigenvalue weighted by Gasteiger charge is -2.23. The van der Waals surface area contributed by atoms with Crippen molar-refractivity contribution in [2.45, 2.75) is 45.2 Å². The van der Waals surface area contributed by atoms with Gasteiger partial charge in [-0.25, -0.2) is 0 Å². The van der Waals surface area contributed by atoms with Crippen molar-refractivity contribution in [2.75, 3.05) is 26.2 Å². The molecule has 1 aliphatic carbocycles. The number of likely N-dealkylation sites (tertiary alicyclic amines) is 1. The van der Waals surface area contributed by atoms with Crippen LogP contribution in [0.3, 0.4) is 0 Å². The Bertz CT molecular complexity index is 588. The van der Waals surface area contributed by atoms with E-state index in [1.54, 1.807) is 0 Å². The Hall–Kier alpha value is -1.39. The molecule has 2 N–H and O–H groups in total. The first-order valence-corrected chi connectivity index (χ1v) is 9.54. The van der Waals surface area contributed by atoms with Crippen molar-refractivity contribution in [3.63, 3.8) is 0 Å². The summed E-state index contributed by atoms with van der Waals surface area (Å²) in [5.41, 5.74) is 2.91. The zero-order valence-electron chi connectivity index (χ0n) is 14.5. The molecular weight excluding hydrogens is 298 g/mol. The zero-order valence-corrected chi connectivity index (χ0v) is 14.5. The maximum Gasteiger partial charge on any atom is 0.223 e. The van der Waals surface area contributed by atoms with E-state index in [0.717, 1.165) is 38.9 Å². The molecule has 2 saturated heterocycles. The summed E-state index contributed by atoms with van der Waals surface area (Å²) in [7, 11) is 0. The fraction of sp³-hybridized carbons (Fsp3) is 0.650. The second kappa shape index (κ2) is 6.85. The number of hydrogen-bond donors (Lipinski definition) is 2. The highest BCUT2D eigenvalue weighted by Crippen LogP contribution is 2.58. The van der Waals surface area contributed by atoms with Gasteiger partial charge in [-0.3, -0.25) is 9.69 Å². The molecule has 1 amide bonds. The highest BCUT2D eigenvalue weighted by molar-refractivity contribution is 5.82. The molecule has 1 unspecified atom stereocenters. The Morgan fingerprint density at radius 1 is 1.21 bits per heavy atom. The minimum absolute atomic E-state index is 0.257. The number of piperidine rings is 1. The lowest BCUT2D eigenvalue weighted by Crippen LogP contribution is -2.33. The number of hydrogen-bond acceptors (Lipinski definition) is 3. The standard InChI is InChI=1S/C20H29N3O/c24-19(18-13-20(18)6-8-21-9-7-20)22-14-16-4-3-5-17(12-16)15-23-10-1-2-11-23/h3-5,12,18,21H,1-2,6-11,13-15H2,(H,22,24). The van der Waals surface area contributed by atoms with Gasteiger partial charge in [0.25, 0.3) is 0 Å². The first kappa shape index (κ1) is 16.1. The highest BCUT2D eigenvalue weighted by Gasteiger charge is 2.57. The van der Waals surface area contributed by atoms with Crippen LogP contribution in [-0.2, 0) is 17.9 Å². The summed E-state index contributed by atoms with van der Waals surface area (Å²) in [6, 6.07) is 8.71. The number of carbonyl (C=O) groups excluding carboxylic acids is 1. The third-order valence-corrected chi connectivity index (χ3v) is 6.17. The van der Waals surface area contributed by atoms with E-state index in [0.29, 0.717) is 12.0 Å². The van der Waals surface area contributed by atoms with Gasteiger partial charge in [-0.15, -0.1) is 0 Å². The second-order valence-corrected chi connectivity index (χ2v) is 7.89. The molecule has 4 heteroatoms. The van der Waals surface area contributed by atoms with E-state index in [9.17, 15) is 4.79 Å². The van der Waals surface area contributed by atoms with Crippen molar-refractivity contribution in [1.29, 1.82) is 0 Å². The SMILES string of the molecule is O=C(NCc1cccc(CN2CCCC2)c1)C1CC12CCNCC2. The molecule has 1 spiro atoms. The number of nitrogens with zero attached hydrogens (tertiary/aromatic N) is 1. The molecule has 0 radical (unpaired) electrons. The van der Waals surface area contributed by atoms with E-state index in [1.165, 1.54) is 37.1 Å². The smallest absolute Gasteiger partial charge is 0.223 e. The summed E-state index contributed by atoms with van der Waals surface area (Å²) < 4.78 is 0. The topological polar surface area (TPSA) is 44.4 Å². The largest absolute Gasteiger partial charge is 0.352 e. The molecule has 2 heterocycles. The lowest BCUT2D eigenvalue weighted by atomic mass is 9.92. The number of rotatable bonds is 5. The van der Waals surface area contributed by atoms with Crippen molar-refractivity contribution in [3.8, 4) is 0 Å². The first-order chi connectivity index (χ1) is 11.8. The van der Waals surface area contributed by atoms with Crippen molar-refractivity contribution < 1.29 is 4.79 Å². The molecule has 1 aromatic rings. The van der Waals surface area contributed by atoms with Gasteiger partial charge >= 0.3 is 0 Å². The van der Waals surface area contributed by atoms with Crippen LogP contribution in [0.5, 0.6) is 0 Å². The predicted molar refractivity (Wildman–Crippen MR) is 95.4 cm³/mol. The summed E-state index contributed by atoms with van der Waals surface area (Å²) in [6.07, 6.45) is 6.07. The van der Waals surface area contributed by atoms with Gasteiger partial charge in [0.2, 0.25) is 5.91 Å². The fourth-order valence-corrected chi connectivity index (χ4v) is 4.54. The molecule has 4 rings (SSSR count). The first-order valence-electron chi connectivity index (χ1n) is 9.54. The maximum atomic E-state index is 12.5. The van der Waals surface area contributed by atoms with Gasteiger partial charge in [0.05, 0.1) is 0 Å². The second-order valence-electron chi connectivity index (χ2n) is 7.89. The molecule has 3 aliphatic rings. The van der Waals surface area contributed by atoms with Crippen LogP contribution in [0.1, 0.15) is 43.2 Å². The van der Waals surface area contributed by atoms with Crippen molar-refractivity contribution >= 4 is 5.91 Å². The van der Waals surface area contributed by atoms with Gasteiger partial charge in [0.1, 0.15) is 0 Å². The van der Waals surface area contributed by atoms with Gasteiger partial charge in [-0.1, -0.05) is 24.3 Å². The molecule has 4 nitrogen and oxygen atoms in total. The monoisotopic (exact) mass is 327 g/mol. The highest BCUT2D eigenvalue weighted by atomic mass is 16.2. The molecule has 2 aliphatic heterocycles. The molecular formula is C20H29N3O. The Kier molecular flexibility index (Phi) is 4.59. The number of carbonyl (C=O) groups is 1. The van der Waals surface area contributed by atoms with Gasteiger partial charge in [-0.05, 0) is 74.8 Å². The number of nitrogens with one attached hydrogen (secondary N) is 2. The average molecular weight is 327 g/mol. The maximum absolute atomic E-state index is 12.5. The van der Waals surface area contributed by atoms with E-state index in [-0.39, 0.29) is 11.8 Å². The summed E-state index contributed by atoms with van der Waals surface area (Å²) >= 11 is 0. The molecule has 1 aromatic carbocycles. The van der Waals surface area contributed by atoms with Crippen LogP contribution in [0, 0.1) is 11.3 Å². The van der Waals surface area contributed by atoms with Crippen molar-refractivity contribution in [1.82, 2.24) is 15.5 Å². The third-order valence-electron chi connectivity index (χ3n) is 6.17. The van der Waals surface area contributed by atoms with Crippen LogP contribution in [0.2, 0.25) is 0 Å². The van der Waals surface area contributed by atoms with Crippen LogP contribution >= 0.6 is 0 Å². The normalized spacial score (nSPS) is 25.8. The predicted octanol–water partition coefficient (Wildman–Crippen LogP) is 2.29. The van der Waals surface area contributed by atoms with E-state index >= 15 is 0 Å². The van der Waals surface area contributed by atoms with E-state index in [4.69, 9.17) is 0 Å². The summed E-state index contributed by atoms with van der Waals surface area (Å²) in [4.78, 5) is 15.0. The molecule has 0 aromatic heterocycles. The Labute approximate surface area is 145 Å². The number of benzene rings is 1. The summed E-state index contributed by atoms with van der Waals surface area (Å²) in [5.74, 6) is 0.522. The van der Waals surface area contributed by atoms with Gasteiger partial charge in [-0.2, -0.15) is 0 Å². The van der Waals surface area contributed by atoms with Crippen LogP contribution in [0.15, 0.2) is 24.3 Å². The number of amides is 1. The van der Waals surface area contributed by atoms with Crippen molar-refractivity contribution in [3.05, 3.63) is 35.4 Å². The van der Waals surface area contributed by atoms with Gasteiger partial charge in [0.15, 0.2) is 0 Å². The summed E-state index contributed by atoms with van der Waals surface area (Å²) in [5, 5.41) is 6.58. The van der Waals surface area contributed by atoms with Crippen molar-refractivity contribution in [2.24, 2.45) is 11.3 Å². The molecule has 24 heavy (non-hydrogen) atoms. The van der Waals surface area contributed by atoms with Gasteiger partial charge < -0.3 is 10.6 Å². The van der Waals surface area contributed by atoms with Crippen LogP contribution in [-0.4, -0.2) is 37.0 Å².